The Morgan fingerprint density at radius 1 is 1.62 bits per heavy atom. The number of nitro groups is 1. The van der Waals surface area contributed by atoms with E-state index in [1.54, 1.807) is 6.92 Å². The van der Waals surface area contributed by atoms with Gasteiger partial charge >= 0.3 is 5.97 Å². The topological polar surface area (TPSA) is 98.9 Å². The fraction of sp³-hybridized carbons (Fsp3) is 0.500. The van der Waals surface area contributed by atoms with Crippen molar-refractivity contribution in [2.45, 2.75) is 37.9 Å². The maximum absolute atomic E-state index is 12.0. The minimum atomic E-state index is -1.54. The number of nitrogens with zero attached hydrogens (tertiary/aromatic N) is 1. The molecule has 2 atom stereocenters. The lowest BCUT2D eigenvalue weighted by Crippen LogP contribution is -2.46. The van der Waals surface area contributed by atoms with Crippen molar-refractivity contribution in [3.05, 3.63) is 33.4 Å². The van der Waals surface area contributed by atoms with Gasteiger partial charge in [0.1, 0.15) is 11.4 Å². The summed E-state index contributed by atoms with van der Waals surface area (Å²) in [5.41, 5.74) is -0.750. The smallest absolute Gasteiger partial charge is 0.350 e. The highest BCUT2D eigenvalue weighted by molar-refractivity contribution is 5.80. The Hall–Kier alpha value is -2.15. The van der Waals surface area contributed by atoms with Gasteiger partial charge in [-0.2, -0.15) is 0 Å². The molecule has 3 rings (SSSR count). The third-order valence-corrected chi connectivity index (χ3v) is 4.04. The Labute approximate surface area is 120 Å². The Balaban J connectivity index is 2.12. The van der Waals surface area contributed by atoms with E-state index in [0.29, 0.717) is 36.1 Å². The molecule has 1 aromatic carbocycles. The summed E-state index contributed by atoms with van der Waals surface area (Å²) in [6, 6.07) is 2.79. The first-order valence-electron chi connectivity index (χ1n) is 6.85. The van der Waals surface area contributed by atoms with Gasteiger partial charge in [0.2, 0.25) is 6.10 Å². The molecule has 1 aliphatic carbocycles. The van der Waals surface area contributed by atoms with Crippen LogP contribution >= 0.6 is 0 Å². The molecule has 2 aliphatic rings. The number of benzene rings is 1. The van der Waals surface area contributed by atoms with Crippen LogP contribution in [0.3, 0.4) is 0 Å². The second-order valence-electron chi connectivity index (χ2n) is 5.22. The van der Waals surface area contributed by atoms with Crippen LogP contribution < -0.4 is 4.74 Å². The van der Waals surface area contributed by atoms with E-state index in [1.165, 1.54) is 12.1 Å². The van der Waals surface area contributed by atoms with Gasteiger partial charge in [-0.15, -0.1) is 0 Å². The number of hydrogen-bond donors (Lipinski definition) is 1. The SMILES string of the molecule is CCOC(=O)[C@H]1Oc2ccc([N+](=O)[O-])c3c2[C@@]1(O)CCC3. The van der Waals surface area contributed by atoms with Crippen LogP contribution in [0.5, 0.6) is 5.75 Å². The quantitative estimate of drug-likeness (QED) is 0.514. The molecule has 0 amide bonds. The van der Waals surface area contributed by atoms with Crippen LogP contribution in [0.2, 0.25) is 0 Å². The van der Waals surface area contributed by atoms with Crippen molar-refractivity contribution in [1.82, 2.24) is 0 Å². The number of ether oxygens (including phenoxy) is 2. The van der Waals surface area contributed by atoms with E-state index in [0.717, 1.165) is 0 Å². The summed E-state index contributed by atoms with van der Waals surface area (Å²) in [4.78, 5) is 22.7. The molecule has 7 nitrogen and oxygen atoms in total. The Morgan fingerprint density at radius 3 is 3.05 bits per heavy atom. The van der Waals surface area contributed by atoms with Crippen LogP contribution in [0.25, 0.3) is 0 Å². The molecule has 0 saturated carbocycles. The highest BCUT2D eigenvalue weighted by Crippen LogP contribution is 2.51. The molecule has 1 aliphatic heterocycles. The van der Waals surface area contributed by atoms with Crippen molar-refractivity contribution in [2.75, 3.05) is 6.61 Å². The van der Waals surface area contributed by atoms with Crippen LogP contribution in [-0.2, 0) is 21.6 Å². The van der Waals surface area contributed by atoms with Gasteiger partial charge in [0.15, 0.2) is 0 Å². The van der Waals surface area contributed by atoms with Crippen molar-refractivity contribution in [2.24, 2.45) is 0 Å². The number of nitro benzene ring substituents is 1. The zero-order valence-corrected chi connectivity index (χ0v) is 11.5. The molecule has 0 unspecified atom stereocenters. The summed E-state index contributed by atoms with van der Waals surface area (Å²) >= 11 is 0. The van der Waals surface area contributed by atoms with Crippen molar-refractivity contribution in [3.63, 3.8) is 0 Å². The van der Waals surface area contributed by atoms with Crippen molar-refractivity contribution in [1.29, 1.82) is 0 Å². The van der Waals surface area contributed by atoms with E-state index in [4.69, 9.17) is 9.47 Å². The standard InChI is InChI=1S/C14H15NO6/c1-2-20-13(16)12-14(17)7-3-4-8-9(15(18)19)5-6-10(21-12)11(8)14/h5-6,12,17H,2-4,7H2,1H3/t12-,14+/m1/s1. The molecule has 0 radical (unpaired) electrons. The van der Waals surface area contributed by atoms with Crippen LogP contribution in [0, 0.1) is 10.1 Å². The summed E-state index contributed by atoms with van der Waals surface area (Å²) in [5, 5.41) is 22.0. The highest BCUT2D eigenvalue weighted by Gasteiger charge is 2.55. The van der Waals surface area contributed by atoms with Gasteiger partial charge in [-0.05, 0) is 32.3 Å². The largest absolute Gasteiger partial charge is 0.475 e. The summed E-state index contributed by atoms with van der Waals surface area (Å²) in [7, 11) is 0. The third-order valence-electron chi connectivity index (χ3n) is 4.04. The van der Waals surface area contributed by atoms with Crippen LogP contribution in [0.1, 0.15) is 30.9 Å². The molecular weight excluding hydrogens is 278 g/mol. The molecule has 21 heavy (non-hydrogen) atoms. The fourth-order valence-corrected chi connectivity index (χ4v) is 3.22. The van der Waals surface area contributed by atoms with Gasteiger partial charge in [-0.25, -0.2) is 4.79 Å². The molecule has 1 N–H and O–H groups in total. The number of aliphatic hydroxyl groups is 1. The van der Waals surface area contributed by atoms with E-state index >= 15 is 0 Å². The minimum absolute atomic E-state index is 0.0417. The molecule has 0 aromatic heterocycles. The Kier molecular flexibility index (Phi) is 3.09. The highest BCUT2D eigenvalue weighted by atomic mass is 16.6. The van der Waals surface area contributed by atoms with Crippen molar-refractivity contribution in [3.8, 4) is 5.75 Å². The number of hydrogen-bond acceptors (Lipinski definition) is 6. The van der Waals surface area contributed by atoms with Crippen molar-refractivity contribution < 1.29 is 24.3 Å². The molecule has 0 fully saturated rings. The first kappa shape index (κ1) is 13.8. The lowest BCUT2D eigenvalue weighted by molar-refractivity contribution is -0.385. The van der Waals surface area contributed by atoms with E-state index in [1.807, 2.05) is 0 Å². The van der Waals surface area contributed by atoms with E-state index in [2.05, 4.69) is 0 Å². The molecule has 1 heterocycles. The number of carbonyl (C=O) groups is 1. The predicted octanol–water partition coefficient (Wildman–Crippen LogP) is 1.44. The number of esters is 1. The normalized spacial score (nSPS) is 25.9. The van der Waals surface area contributed by atoms with Crippen LogP contribution in [-0.4, -0.2) is 28.7 Å². The zero-order chi connectivity index (χ0) is 15.2. The van der Waals surface area contributed by atoms with Crippen LogP contribution in [0.4, 0.5) is 5.69 Å². The zero-order valence-electron chi connectivity index (χ0n) is 11.5. The second kappa shape index (κ2) is 4.70. The average Bonchev–Trinajstić information content (AvgIpc) is 2.74. The van der Waals surface area contributed by atoms with Gasteiger partial charge in [0.25, 0.3) is 5.69 Å². The summed E-state index contributed by atoms with van der Waals surface area (Å²) in [5.74, 6) is -0.317. The molecule has 0 bridgehead atoms. The molecule has 0 saturated heterocycles. The lowest BCUT2D eigenvalue weighted by Gasteiger charge is -2.31. The van der Waals surface area contributed by atoms with E-state index < -0.39 is 22.6 Å². The van der Waals surface area contributed by atoms with Gasteiger partial charge in [-0.1, -0.05) is 0 Å². The summed E-state index contributed by atoms with van der Waals surface area (Å²) in [6.45, 7) is 1.85. The van der Waals surface area contributed by atoms with Gasteiger partial charge in [0.05, 0.1) is 11.5 Å². The van der Waals surface area contributed by atoms with Gasteiger partial charge in [0, 0.05) is 17.2 Å². The van der Waals surface area contributed by atoms with Gasteiger partial charge in [-0.3, -0.25) is 10.1 Å². The Morgan fingerprint density at radius 2 is 2.38 bits per heavy atom. The van der Waals surface area contributed by atoms with E-state index in [9.17, 15) is 20.0 Å². The molecule has 0 spiro atoms. The molecule has 112 valence electrons. The fourth-order valence-electron chi connectivity index (χ4n) is 3.22. The Bertz CT molecular complexity index is 628. The second-order valence-corrected chi connectivity index (χ2v) is 5.22. The molecular formula is C14H15NO6. The summed E-state index contributed by atoms with van der Waals surface area (Å²) in [6.07, 6.45) is 0.194. The van der Waals surface area contributed by atoms with Crippen molar-refractivity contribution >= 4 is 11.7 Å². The van der Waals surface area contributed by atoms with Gasteiger partial charge < -0.3 is 14.6 Å². The predicted molar refractivity (Wildman–Crippen MR) is 71.0 cm³/mol. The average molecular weight is 293 g/mol. The number of rotatable bonds is 3. The first-order valence-corrected chi connectivity index (χ1v) is 6.85. The van der Waals surface area contributed by atoms with Crippen LogP contribution in [0.15, 0.2) is 12.1 Å². The maximum atomic E-state index is 12.0. The first-order chi connectivity index (χ1) is 9.99. The number of carbonyl (C=O) groups excluding carboxylic acids is 1. The monoisotopic (exact) mass is 293 g/mol. The summed E-state index contributed by atoms with van der Waals surface area (Å²) < 4.78 is 10.5. The van der Waals surface area contributed by atoms with E-state index in [-0.39, 0.29) is 12.3 Å². The third kappa shape index (κ3) is 1.88. The minimum Gasteiger partial charge on any atom is -0.475 e. The molecule has 1 aromatic rings. The maximum Gasteiger partial charge on any atom is 0.350 e. The molecule has 7 heteroatoms. The lowest BCUT2D eigenvalue weighted by atomic mass is 9.76.